The Bertz CT molecular complexity index is 1360. The van der Waals surface area contributed by atoms with E-state index in [1.54, 1.807) is 46.5 Å². The monoisotopic (exact) mass is 516 g/mol. The van der Waals surface area contributed by atoms with E-state index in [1.165, 1.54) is 0 Å². The zero-order valence-electron chi connectivity index (χ0n) is 19.9. The van der Waals surface area contributed by atoms with E-state index in [0.29, 0.717) is 41.9 Å². The quantitative estimate of drug-likeness (QED) is 0.491. The lowest BCUT2D eigenvalue weighted by Crippen LogP contribution is -2.49. The lowest BCUT2D eigenvalue weighted by molar-refractivity contribution is -0.123. The largest absolute Gasteiger partial charge is 0.306 e. The van der Waals surface area contributed by atoms with Crippen LogP contribution in [0.4, 0.5) is 11.4 Å². The molecule has 0 unspecified atom stereocenters. The highest BCUT2D eigenvalue weighted by Gasteiger charge is 2.46. The highest BCUT2D eigenvalue weighted by molar-refractivity contribution is 6.23. The van der Waals surface area contributed by atoms with Gasteiger partial charge in [0.15, 0.2) is 0 Å². The predicted octanol–water partition coefficient (Wildman–Crippen LogP) is 3.85. The minimum Gasteiger partial charge on any atom is -0.306 e. The summed E-state index contributed by atoms with van der Waals surface area (Å²) in [5.41, 5.74) is 2.82. The Morgan fingerprint density at radius 2 is 1.43 bits per heavy atom. The SMILES string of the molecule is Cl.O=C1c2ccccc2C(=O)N1CC(=O)N1c2ccccc2N(Cc2ccncc2)C(=O)[C@H]2CCC[C@H]21. The number of hydrogen-bond donors (Lipinski definition) is 0. The molecule has 9 heteroatoms. The highest BCUT2D eigenvalue weighted by Crippen LogP contribution is 2.43. The predicted molar refractivity (Wildman–Crippen MR) is 140 cm³/mol. The average Bonchev–Trinajstić information content (AvgIpc) is 3.45. The minimum absolute atomic E-state index is 0. The first kappa shape index (κ1) is 24.6. The summed E-state index contributed by atoms with van der Waals surface area (Å²) in [6, 6.07) is 17.4. The van der Waals surface area contributed by atoms with E-state index in [4.69, 9.17) is 0 Å². The third-order valence-corrected chi connectivity index (χ3v) is 7.36. The third kappa shape index (κ3) is 4.07. The van der Waals surface area contributed by atoms with Crippen molar-refractivity contribution in [3.8, 4) is 0 Å². The molecule has 1 aromatic heterocycles. The Kier molecular flexibility index (Phi) is 6.52. The molecule has 3 aromatic rings. The molecule has 2 aliphatic heterocycles. The van der Waals surface area contributed by atoms with Crippen LogP contribution in [-0.4, -0.2) is 46.1 Å². The number of rotatable bonds is 4. The van der Waals surface area contributed by atoms with Crippen molar-refractivity contribution in [3.05, 3.63) is 89.7 Å². The van der Waals surface area contributed by atoms with Gasteiger partial charge in [-0.25, -0.2) is 0 Å². The van der Waals surface area contributed by atoms with E-state index in [2.05, 4.69) is 4.98 Å². The topological polar surface area (TPSA) is 90.9 Å². The van der Waals surface area contributed by atoms with E-state index < -0.39 is 11.8 Å². The lowest BCUT2D eigenvalue weighted by atomic mass is 10.0. The number of carbonyl (C=O) groups excluding carboxylic acids is 4. The molecule has 0 bridgehead atoms. The zero-order valence-corrected chi connectivity index (χ0v) is 20.8. The number of pyridine rings is 1. The van der Waals surface area contributed by atoms with Gasteiger partial charge in [0.2, 0.25) is 11.8 Å². The fourth-order valence-corrected chi connectivity index (χ4v) is 5.68. The van der Waals surface area contributed by atoms with Gasteiger partial charge >= 0.3 is 0 Å². The van der Waals surface area contributed by atoms with Crippen molar-refractivity contribution >= 4 is 47.4 Å². The van der Waals surface area contributed by atoms with Gasteiger partial charge in [0.05, 0.1) is 35.0 Å². The van der Waals surface area contributed by atoms with Gasteiger partial charge in [0.1, 0.15) is 6.54 Å². The van der Waals surface area contributed by atoms with E-state index >= 15 is 0 Å². The van der Waals surface area contributed by atoms with E-state index in [-0.39, 0.29) is 42.7 Å². The molecular formula is C28H25ClN4O4. The maximum atomic E-state index is 13.9. The summed E-state index contributed by atoms with van der Waals surface area (Å²) in [5, 5.41) is 0. The van der Waals surface area contributed by atoms with Gasteiger partial charge in [-0.2, -0.15) is 0 Å². The molecule has 37 heavy (non-hydrogen) atoms. The number of carbonyl (C=O) groups is 4. The van der Waals surface area contributed by atoms with Crippen molar-refractivity contribution in [3.63, 3.8) is 0 Å². The van der Waals surface area contributed by atoms with Gasteiger partial charge in [-0.3, -0.25) is 29.1 Å². The molecule has 188 valence electrons. The summed E-state index contributed by atoms with van der Waals surface area (Å²) in [7, 11) is 0. The van der Waals surface area contributed by atoms with Crippen LogP contribution in [0.3, 0.4) is 0 Å². The lowest BCUT2D eigenvalue weighted by Gasteiger charge is -2.31. The van der Waals surface area contributed by atoms with Crippen LogP contribution in [0.5, 0.6) is 0 Å². The highest BCUT2D eigenvalue weighted by atomic mass is 35.5. The molecular weight excluding hydrogens is 492 g/mol. The second kappa shape index (κ2) is 9.78. The normalized spacial score (nSPS) is 20.2. The second-order valence-electron chi connectivity index (χ2n) is 9.38. The smallest absolute Gasteiger partial charge is 0.262 e. The third-order valence-electron chi connectivity index (χ3n) is 7.36. The van der Waals surface area contributed by atoms with E-state index in [1.807, 2.05) is 36.4 Å². The molecule has 0 N–H and O–H groups in total. The van der Waals surface area contributed by atoms with Crippen LogP contribution in [-0.2, 0) is 16.1 Å². The fraction of sp³-hybridized carbons (Fsp3) is 0.250. The summed E-state index contributed by atoms with van der Waals surface area (Å²) in [6.45, 7) is -0.00945. The van der Waals surface area contributed by atoms with Crippen LogP contribution in [0.2, 0.25) is 0 Å². The number of imide groups is 1. The van der Waals surface area contributed by atoms with Gasteiger partial charge in [0, 0.05) is 18.4 Å². The molecule has 6 rings (SSSR count). The first-order chi connectivity index (χ1) is 17.5. The number of fused-ring (bicyclic) bond motifs is 3. The molecule has 0 radical (unpaired) electrons. The Morgan fingerprint density at radius 3 is 2.11 bits per heavy atom. The maximum absolute atomic E-state index is 13.9. The van der Waals surface area contributed by atoms with Crippen molar-refractivity contribution in [2.45, 2.75) is 31.8 Å². The van der Waals surface area contributed by atoms with Crippen molar-refractivity contribution in [2.24, 2.45) is 5.92 Å². The van der Waals surface area contributed by atoms with Crippen LogP contribution < -0.4 is 9.80 Å². The van der Waals surface area contributed by atoms with Crippen molar-refractivity contribution in [2.75, 3.05) is 16.3 Å². The molecule has 1 aliphatic carbocycles. The van der Waals surface area contributed by atoms with Crippen LogP contribution in [0.25, 0.3) is 0 Å². The maximum Gasteiger partial charge on any atom is 0.262 e. The Morgan fingerprint density at radius 1 is 0.811 bits per heavy atom. The summed E-state index contributed by atoms with van der Waals surface area (Å²) in [6.07, 6.45) is 5.58. The molecule has 0 spiro atoms. The van der Waals surface area contributed by atoms with Gasteiger partial charge in [-0.05, 0) is 54.8 Å². The van der Waals surface area contributed by atoms with Crippen LogP contribution in [0.1, 0.15) is 45.5 Å². The summed E-state index contributed by atoms with van der Waals surface area (Å²) in [4.78, 5) is 62.1. The van der Waals surface area contributed by atoms with Gasteiger partial charge in [0.25, 0.3) is 11.8 Å². The summed E-state index contributed by atoms with van der Waals surface area (Å²) < 4.78 is 0. The number of benzene rings is 2. The minimum atomic E-state index is -0.467. The number of anilines is 2. The van der Waals surface area contributed by atoms with Gasteiger partial charge in [-0.15, -0.1) is 12.4 Å². The molecule has 2 atom stereocenters. The van der Waals surface area contributed by atoms with Crippen molar-refractivity contribution in [1.29, 1.82) is 0 Å². The first-order valence-electron chi connectivity index (χ1n) is 12.1. The second-order valence-corrected chi connectivity index (χ2v) is 9.38. The zero-order chi connectivity index (χ0) is 24.8. The van der Waals surface area contributed by atoms with Crippen molar-refractivity contribution < 1.29 is 19.2 Å². The average molecular weight is 517 g/mol. The molecule has 2 aromatic carbocycles. The number of aromatic nitrogens is 1. The number of halogens is 1. The summed E-state index contributed by atoms with van der Waals surface area (Å²) >= 11 is 0. The fourth-order valence-electron chi connectivity index (χ4n) is 5.68. The number of nitrogens with zero attached hydrogens (tertiary/aromatic N) is 4. The molecule has 3 aliphatic rings. The Balaban J connectivity index is 0.00000280. The number of amides is 4. The van der Waals surface area contributed by atoms with Crippen LogP contribution in [0.15, 0.2) is 73.1 Å². The summed E-state index contributed by atoms with van der Waals surface area (Å²) in [5.74, 6) is -1.67. The standard InChI is InChI=1S/C28H24N4O4.ClH/c33-25(17-31-26(34)19-6-1-2-7-20(19)27(31)35)32-22-11-5-8-21(22)28(36)30(16-18-12-14-29-15-13-18)23-9-3-4-10-24(23)32;/h1-4,6-7,9-10,12-15,21-22H,5,8,11,16-17H2;1H/t21-,22+;/m0./s1. The molecule has 0 saturated heterocycles. The Hall–Kier alpha value is -4.04. The Labute approximate surface area is 220 Å². The van der Waals surface area contributed by atoms with E-state index in [9.17, 15) is 19.2 Å². The molecule has 1 fully saturated rings. The molecule has 4 amide bonds. The molecule has 8 nitrogen and oxygen atoms in total. The van der Waals surface area contributed by atoms with Crippen LogP contribution >= 0.6 is 12.4 Å². The number of hydrogen-bond acceptors (Lipinski definition) is 5. The molecule has 3 heterocycles. The van der Waals surface area contributed by atoms with Gasteiger partial charge < -0.3 is 9.80 Å². The first-order valence-corrected chi connectivity index (χ1v) is 12.1. The van der Waals surface area contributed by atoms with E-state index in [0.717, 1.165) is 16.9 Å². The van der Waals surface area contributed by atoms with Crippen molar-refractivity contribution in [1.82, 2.24) is 9.88 Å². The van der Waals surface area contributed by atoms with Crippen LogP contribution in [0, 0.1) is 5.92 Å². The number of para-hydroxylation sites is 2. The van der Waals surface area contributed by atoms with Gasteiger partial charge in [-0.1, -0.05) is 30.7 Å². The molecule has 1 saturated carbocycles.